The standard InChI is InChI=1S/C25H26N4/c1-28-13-15-29(16-14-28)18-19-9-11-20(12-10-19)21-5-4-6-22(17-21)25-26-23-7-2-3-8-24(23)27-25/h2-12,17H,13-16,18H2,1H3,(H,26,27). The van der Waals surface area contributed by atoms with E-state index in [-0.39, 0.29) is 0 Å². The van der Waals surface area contributed by atoms with Gasteiger partial charge in [-0.05, 0) is 41.9 Å². The van der Waals surface area contributed by atoms with Crippen molar-refractivity contribution in [3.05, 3.63) is 78.4 Å². The number of hydrogen-bond donors (Lipinski definition) is 1. The molecule has 3 aromatic carbocycles. The number of piperazine rings is 1. The Bertz CT molecular complexity index is 1070. The molecule has 0 bridgehead atoms. The lowest BCUT2D eigenvalue weighted by Crippen LogP contribution is -2.43. The van der Waals surface area contributed by atoms with E-state index in [1.165, 1.54) is 16.7 Å². The molecule has 0 saturated carbocycles. The Morgan fingerprint density at radius 1 is 0.793 bits per heavy atom. The molecule has 0 atom stereocenters. The van der Waals surface area contributed by atoms with Gasteiger partial charge in [0.05, 0.1) is 11.0 Å². The highest BCUT2D eigenvalue weighted by atomic mass is 15.2. The molecule has 146 valence electrons. The average molecular weight is 383 g/mol. The molecule has 4 nitrogen and oxygen atoms in total. The van der Waals surface area contributed by atoms with Gasteiger partial charge in [0.2, 0.25) is 0 Å². The lowest BCUT2D eigenvalue weighted by Gasteiger charge is -2.32. The first kappa shape index (κ1) is 18.1. The molecule has 4 heteroatoms. The number of hydrogen-bond acceptors (Lipinski definition) is 3. The second-order valence-corrected chi connectivity index (χ2v) is 7.96. The third-order valence-electron chi connectivity index (χ3n) is 5.81. The van der Waals surface area contributed by atoms with Crippen molar-refractivity contribution in [2.75, 3.05) is 33.2 Å². The van der Waals surface area contributed by atoms with E-state index in [0.29, 0.717) is 0 Å². The fraction of sp³-hybridized carbons (Fsp3) is 0.240. The first-order valence-electron chi connectivity index (χ1n) is 10.3. The van der Waals surface area contributed by atoms with Gasteiger partial charge in [-0.2, -0.15) is 0 Å². The summed E-state index contributed by atoms with van der Waals surface area (Å²) in [7, 11) is 2.20. The number of nitrogens with one attached hydrogen (secondary N) is 1. The number of nitrogens with zero attached hydrogens (tertiary/aromatic N) is 3. The second-order valence-electron chi connectivity index (χ2n) is 7.96. The number of likely N-dealkylation sites (N-methyl/N-ethyl adjacent to an activating group) is 1. The quantitative estimate of drug-likeness (QED) is 0.558. The van der Waals surface area contributed by atoms with Crippen LogP contribution in [0.3, 0.4) is 0 Å². The maximum absolute atomic E-state index is 4.74. The monoisotopic (exact) mass is 382 g/mol. The number of para-hydroxylation sites is 2. The van der Waals surface area contributed by atoms with E-state index in [9.17, 15) is 0 Å². The smallest absolute Gasteiger partial charge is 0.138 e. The van der Waals surface area contributed by atoms with Gasteiger partial charge in [0.15, 0.2) is 0 Å². The van der Waals surface area contributed by atoms with E-state index in [4.69, 9.17) is 4.98 Å². The molecule has 1 aliphatic rings. The van der Waals surface area contributed by atoms with Crippen LogP contribution in [0.2, 0.25) is 0 Å². The fourth-order valence-corrected chi connectivity index (χ4v) is 4.00. The zero-order valence-corrected chi connectivity index (χ0v) is 16.8. The molecule has 0 amide bonds. The average Bonchev–Trinajstić information content (AvgIpc) is 3.20. The zero-order valence-electron chi connectivity index (χ0n) is 16.8. The summed E-state index contributed by atoms with van der Waals surface area (Å²) in [5, 5.41) is 0. The second kappa shape index (κ2) is 7.82. The van der Waals surface area contributed by atoms with Crippen molar-refractivity contribution in [1.82, 2.24) is 19.8 Å². The van der Waals surface area contributed by atoms with Crippen LogP contribution < -0.4 is 0 Å². The Hall–Kier alpha value is -2.95. The maximum Gasteiger partial charge on any atom is 0.138 e. The molecule has 4 aromatic rings. The van der Waals surface area contributed by atoms with Crippen LogP contribution in [-0.4, -0.2) is 53.0 Å². The summed E-state index contributed by atoms with van der Waals surface area (Å²) in [6.07, 6.45) is 0. The minimum Gasteiger partial charge on any atom is -0.338 e. The summed E-state index contributed by atoms with van der Waals surface area (Å²) in [6.45, 7) is 5.65. The topological polar surface area (TPSA) is 35.2 Å². The van der Waals surface area contributed by atoms with Gasteiger partial charge >= 0.3 is 0 Å². The Labute approximate surface area is 171 Å². The minimum absolute atomic E-state index is 0.916. The van der Waals surface area contributed by atoms with Gasteiger partial charge in [-0.1, -0.05) is 54.6 Å². The normalized spacial score (nSPS) is 15.8. The highest BCUT2D eigenvalue weighted by Gasteiger charge is 2.14. The predicted octanol–water partition coefficient (Wildman–Crippen LogP) is 4.64. The van der Waals surface area contributed by atoms with Crippen molar-refractivity contribution in [1.29, 1.82) is 0 Å². The van der Waals surface area contributed by atoms with Gasteiger partial charge in [-0.15, -0.1) is 0 Å². The summed E-state index contributed by atoms with van der Waals surface area (Å²) in [6, 6.07) is 25.8. The molecule has 29 heavy (non-hydrogen) atoms. The lowest BCUT2D eigenvalue weighted by molar-refractivity contribution is 0.148. The molecule has 0 radical (unpaired) electrons. The van der Waals surface area contributed by atoms with Crippen LogP contribution in [0.15, 0.2) is 72.8 Å². The number of fused-ring (bicyclic) bond motifs is 1. The first-order chi connectivity index (χ1) is 14.2. The van der Waals surface area contributed by atoms with Crippen LogP contribution in [0.4, 0.5) is 0 Å². The number of rotatable bonds is 4. The van der Waals surface area contributed by atoms with Gasteiger partial charge < -0.3 is 9.88 Å². The molecule has 0 aliphatic carbocycles. The summed E-state index contributed by atoms with van der Waals surface area (Å²) in [4.78, 5) is 13.1. The molecule has 1 aromatic heterocycles. The Kier molecular flexibility index (Phi) is 4.88. The van der Waals surface area contributed by atoms with Crippen molar-refractivity contribution in [3.63, 3.8) is 0 Å². The van der Waals surface area contributed by atoms with E-state index in [1.54, 1.807) is 0 Å². The van der Waals surface area contributed by atoms with Crippen molar-refractivity contribution in [3.8, 4) is 22.5 Å². The minimum atomic E-state index is 0.916. The van der Waals surface area contributed by atoms with Crippen molar-refractivity contribution >= 4 is 11.0 Å². The summed E-state index contributed by atoms with van der Waals surface area (Å²) in [5.41, 5.74) is 7.02. The van der Waals surface area contributed by atoms with Gasteiger partial charge in [-0.3, -0.25) is 4.90 Å². The highest BCUT2D eigenvalue weighted by Crippen LogP contribution is 2.27. The van der Waals surface area contributed by atoms with Crippen LogP contribution in [-0.2, 0) is 6.54 Å². The molecule has 1 aliphatic heterocycles. The number of aromatic amines is 1. The number of imidazole rings is 1. The molecule has 1 saturated heterocycles. The highest BCUT2D eigenvalue weighted by molar-refractivity contribution is 5.80. The molecule has 0 spiro atoms. The summed E-state index contributed by atoms with van der Waals surface area (Å²) < 4.78 is 0. The summed E-state index contributed by atoms with van der Waals surface area (Å²) in [5.74, 6) is 0.916. The molecule has 1 fully saturated rings. The number of H-pyrrole nitrogens is 1. The zero-order chi connectivity index (χ0) is 19.6. The number of benzene rings is 3. The largest absolute Gasteiger partial charge is 0.338 e. The van der Waals surface area contributed by atoms with E-state index in [1.807, 2.05) is 18.2 Å². The lowest BCUT2D eigenvalue weighted by atomic mass is 10.0. The van der Waals surface area contributed by atoms with Crippen molar-refractivity contribution < 1.29 is 0 Å². The van der Waals surface area contributed by atoms with Gasteiger partial charge in [0.25, 0.3) is 0 Å². The van der Waals surface area contributed by atoms with Crippen LogP contribution in [0.5, 0.6) is 0 Å². The van der Waals surface area contributed by atoms with Gasteiger partial charge in [0.1, 0.15) is 5.82 Å². The Balaban J connectivity index is 1.35. The van der Waals surface area contributed by atoms with E-state index in [0.717, 1.165) is 55.1 Å². The third kappa shape index (κ3) is 3.95. The Morgan fingerprint density at radius 3 is 2.34 bits per heavy atom. The van der Waals surface area contributed by atoms with Crippen LogP contribution in [0.1, 0.15) is 5.56 Å². The number of aromatic nitrogens is 2. The van der Waals surface area contributed by atoms with E-state index < -0.39 is 0 Å². The SMILES string of the molecule is CN1CCN(Cc2ccc(-c3cccc(-c4nc5ccccc5[nH]4)c3)cc2)CC1. The van der Waals surface area contributed by atoms with Crippen LogP contribution in [0.25, 0.3) is 33.5 Å². The summed E-state index contributed by atoms with van der Waals surface area (Å²) >= 11 is 0. The molecule has 2 heterocycles. The van der Waals surface area contributed by atoms with E-state index >= 15 is 0 Å². The molecule has 0 unspecified atom stereocenters. The maximum atomic E-state index is 4.74. The fourth-order valence-electron chi connectivity index (χ4n) is 4.00. The van der Waals surface area contributed by atoms with Crippen LogP contribution >= 0.6 is 0 Å². The Morgan fingerprint density at radius 2 is 1.55 bits per heavy atom. The predicted molar refractivity (Wildman–Crippen MR) is 120 cm³/mol. The molecule has 1 N–H and O–H groups in total. The molecule has 5 rings (SSSR count). The molecular weight excluding hydrogens is 356 g/mol. The van der Waals surface area contributed by atoms with Crippen molar-refractivity contribution in [2.45, 2.75) is 6.54 Å². The van der Waals surface area contributed by atoms with Crippen molar-refractivity contribution in [2.24, 2.45) is 0 Å². The van der Waals surface area contributed by atoms with Gasteiger partial charge in [0, 0.05) is 38.3 Å². The first-order valence-corrected chi connectivity index (χ1v) is 10.3. The third-order valence-corrected chi connectivity index (χ3v) is 5.81. The molecular formula is C25H26N4. The van der Waals surface area contributed by atoms with E-state index in [2.05, 4.69) is 76.4 Å². The van der Waals surface area contributed by atoms with Crippen LogP contribution in [0, 0.1) is 0 Å². The van der Waals surface area contributed by atoms with Gasteiger partial charge in [-0.25, -0.2) is 4.98 Å².